The highest BCUT2D eigenvalue weighted by Gasteiger charge is 2.03. The first-order chi connectivity index (χ1) is 4.74. The molecule has 56 valence electrons. The van der Waals surface area contributed by atoms with E-state index in [9.17, 15) is 0 Å². The fourth-order valence-electron chi connectivity index (χ4n) is 0.849. The summed E-state index contributed by atoms with van der Waals surface area (Å²) in [5.74, 6) is 0. The van der Waals surface area contributed by atoms with E-state index in [1.807, 2.05) is 0 Å². The summed E-state index contributed by atoms with van der Waals surface area (Å²) in [6, 6.07) is 2.41. The highest BCUT2D eigenvalue weighted by Crippen LogP contribution is 2.21. The van der Waals surface area contributed by atoms with Crippen LogP contribution < -0.4 is 5.73 Å². The zero-order valence-corrected chi connectivity index (χ0v) is 7.24. The molecule has 2 N–H and O–H groups in total. The number of hydrogen-bond acceptors (Lipinski definition) is 2. The lowest BCUT2D eigenvalue weighted by molar-refractivity contribution is 0.712. The highest BCUT2D eigenvalue weighted by molar-refractivity contribution is 7.10. The molecular weight excluding hydrogens is 142 g/mol. The summed E-state index contributed by atoms with van der Waals surface area (Å²) < 4.78 is 0. The lowest BCUT2D eigenvalue weighted by Gasteiger charge is -2.03. The maximum atomic E-state index is 5.82. The van der Waals surface area contributed by atoms with Gasteiger partial charge in [-0.1, -0.05) is 6.92 Å². The topological polar surface area (TPSA) is 26.0 Å². The third-order valence-electron chi connectivity index (χ3n) is 1.56. The number of rotatable bonds is 2. The van der Waals surface area contributed by atoms with Gasteiger partial charge in [0.2, 0.25) is 0 Å². The number of thiophene rings is 1. The zero-order chi connectivity index (χ0) is 7.56. The van der Waals surface area contributed by atoms with Gasteiger partial charge in [-0.15, -0.1) is 11.3 Å². The normalized spacial score (nSPS) is 13.5. The molecule has 0 amide bonds. The zero-order valence-electron chi connectivity index (χ0n) is 6.42. The largest absolute Gasteiger partial charge is 0.323 e. The standard InChI is InChI=1S/C8H13NS/c1-3-7(9)8-4-6(2)5-10-8/h4-5,7H,3,9H2,1-2H3/t7-/m0/s1. The fraction of sp³-hybridized carbons (Fsp3) is 0.500. The predicted molar refractivity (Wildman–Crippen MR) is 46.3 cm³/mol. The summed E-state index contributed by atoms with van der Waals surface area (Å²) in [6.45, 7) is 4.21. The molecule has 0 saturated heterocycles. The summed E-state index contributed by atoms with van der Waals surface area (Å²) in [4.78, 5) is 1.31. The van der Waals surface area contributed by atoms with Crippen molar-refractivity contribution < 1.29 is 0 Å². The summed E-state index contributed by atoms with van der Waals surface area (Å²) in [5, 5.41) is 2.14. The van der Waals surface area contributed by atoms with Crippen molar-refractivity contribution in [2.75, 3.05) is 0 Å². The Balaban J connectivity index is 2.74. The van der Waals surface area contributed by atoms with Gasteiger partial charge < -0.3 is 5.73 Å². The molecule has 0 bridgehead atoms. The van der Waals surface area contributed by atoms with Crippen LogP contribution in [0.1, 0.15) is 29.8 Å². The van der Waals surface area contributed by atoms with Gasteiger partial charge in [-0.2, -0.15) is 0 Å². The predicted octanol–water partition coefficient (Wildman–Crippen LogP) is 2.47. The van der Waals surface area contributed by atoms with Gasteiger partial charge in [0.05, 0.1) is 0 Å². The van der Waals surface area contributed by atoms with Crippen LogP contribution in [0.25, 0.3) is 0 Å². The van der Waals surface area contributed by atoms with Crippen molar-refractivity contribution in [1.29, 1.82) is 0 Å². The highest BCUT2D eigenvalue weighted by atomic mass is 32.1. The van der Waals surface area contributed by atoms with Gasteiger partial charge in [-0.05, 0) is 30.4 Å². The molecule has 0 unspecified atom stereocenters. The summed E-state index contributed by atoms with van der Waals surface area (Å²) in [5.41, 5.74) is 7.14. The van der Waals surface area contributed by atoms with E-state index >= 15 is 0 Å². The molecule has 1 aromatic heterocycles. The Labute approximate surface area is 65.9 Å². The van der Waals surface area contributed by atoms with Gasteiger partial charge in [0, 0.05) is 10.9 Å². The van der Waals surface area contributed by atoms with Crippen LogP contribution >= 0.6 is 11.3 Å². The Morgan fingerprint density at radius 2 is 2.40 bits per heavy atom. The van der Waals surface area contributed by atoms with Crippen molar-refractivity contribution in [2.45, 2.75) is 26.3 Å². The SMILES string of the molecule is CC[C@H](N)c1cc(C)cs1. The van der Waals surface area contributed by atoms with E-state index in [2.05, 4.69) is 25.3 Å². The second-order valence-electron chi connectivity index (χ2n) is 2.54. The van der Waals surface area contributed by atoms with Crippen LogP contribution in [0.5, 0.6) is 0 Å². The second kappa shape index (κ2) is 3.17. The Bertz CT molecular complexity index is 205. The van der Waals surface area contributed by atoms with Gasteiger partial charge in [0.25, 0.3) is 0 Å². The number of aryl methyl sites for hydroxylation is 1. The molecular formula is C8H13NS. The minimum Gasteiger partial charge on any atom is -0.323 e. The van der Waals surface area contributed by atoms with Gasteiger partial charge in [-0.25, -0.2) is 0 Å². The first-order valence-electron chi connectivity index (χ1n) is 3.54. The Morgan fingerprint density at radius 1 is 1.70 bits per heavy atom. The molecule has 2 heteroatoms. The van der Waals surface area contributed by atoms with E-state index in [0.717, 1.165) is 6.42 Å². The molecule has 1 heterocycles. The maximum Gasteiger partial charge on any atom is 0.0387 e. The lowest BCUT2D eigenvalue weighted by Crippen LogP contribution is -2.05. The van der Waals surface area contributed by atoms with E-state index in [4.69, 9.17) is 5.73 Å². The summed E-state index contributed by atoms with van der Waals surface area (Å²) in [6.07, 6.45) is 1.03. The van der Waals surface area contributed by atoms with Gasteiger partial charge in [-0.3, -0.25) is 0 Å². The third kappa shape index (κ3) is 1.58. The molecule has 0 aliphatic heterocycles. The minimum atomic E-state index is 0.249. The first kappa shape index (κ1) is 7.76. The number of hydrogen-bond donors (Lipinski definition) is 1. The van der Waals surface area contributed by atoms with Gasteiger partial charge in [0.15, 0.2) is 0 Å². The van der Waals surface area contributed by atoms with Crippen molar-refractivity contribution in [1.82, 2.24) is 0 Å². The molecule has 0 radical (unpaired) electrons. The average Bonchev–Trinajstić information content (AvgIpc) is 2.34. The molecule has 1 nitrogen and oxygen atoms in total. The van der Waals surface area contributed by atoms with Crippen molar-refractivity contribution in [3.63, 3.8) is 0 Å². The van der Waals surface area contributed by atoms with Crippen molar-refractivity contribution in [3.05, 3.63) is 21.9 Å². The number of nitrogens with two attached hydrogens (primary N) is 1. The van der Waals surface area contributed by atoms with Crippen molar-refractivity contribution >= 4 is 11.3 Å². The minimum absolute atomic E-state index is 0.249. The Kier molecular flexibility index (Phi) is 2.46. The third-order valence-corrected chi connectivity index (χ3v) is 2.74. The van der Waals surface area contributed by atoms with Crippen LogP contribution in [0.15, 0.2) is 11.4 Å². The Hall–Kier alpha value is -0.340. The van der Waals surface area contributed by atoms with Gasteiger partial charge >= 0.3 is 0 Å². The quantitative estimate of drug-likeness (QED) is 0.697. The fourth-order valence-corrected chi connectivity index (χ4v) is 1.83. The molecule has 0 spiro atoms. The van der Waals surface area contributed by atoms with Crippen molar-refractivity contribution in [3.8, 4) is 0 Å². The summed E-state index contributed by atoms with van der Waals surface area (Å²) in [7, 11) is 0. The molecule has 10 heavy (non-hydrogen) atoms. The van der Waals surface area contributed by atoms with E-state index in [-0.39, 0.29) is 6.04 Å². The monoisotopic (exact) mass is 155 g/mol. The van der Waals surface area contributed by atoms with Crippen LogP contribution in [0.2, 0.25) is 0 Å². The van der Waals surface area contributed by atoms with E-state index < -0.39 is 0 Å². The molecule has 0 aliphatic carbocycles. The Morgan fingerprint density at radius 3 is 2.80 bits per heavy atom. The second-order valence-corrected chi connectivity index (χ2v) is 3.48. The average molecular weight is 155 g/mol. The summed E-state index contributed by atoms with van der Waals surface area (Å²) >= 11 is 1.76. The van der Waals surface area contributed by atoms with Crippen molar-refractivity contribution in [2.24, 2.45) is 5.73 Å². The van der Waals surface area contributed by atoms with Crippen LogP contribution in [0.4, 0.5) is 0 Å². The van der Waals surface area contributed by atoms with Crippen LogP contribution in [0.3, 0.4) is 0 Å². The molecule has 0 aliphatic rings. The molecule has 1 rings (SSSR count). The van der Waals surface area contributed by atoms with Crippen LogP contribution in [-0.2, 0) is 0 Å². The van der Waals surface area contributed by atoms with Gasteiger partial charge in [0.1, 0.15) is 0 Å². The molecule has 0 saturated carbocycles. The van der Waals surface area contributed by atoms with Crippen LogP contribution in [-0.4, -0.2) is 0 Å². The van der Waals surface area contributed by atoms with E-state index in [1.165, 1.54) is 10.4 Å². The van der Waals surface area contributed by atoms with Crippen LogP contribution in [0, 0.1) is 6.92 Å². The molecule has 0 aromatic carbocycles. The molecule has 0 fully saturated rings. The smallest absolute Gasteiger partial charge is 0.0387 e. The lowest BCUT2D eigenvalue weighted by atomic mass is 10.2. The first-order valence-corrected chi connectivity index (χ1v) is 4.42. The van der Waals surface area contributed by atoms with E-state index in [0.29, 0.717) is 0 Å². The maximum absolute atomic E-state index is 5.82. The molecule has 1 aromatic rings. The van der Waals surface area contributed by atoms with E-state index in [1.54, 1.807) is 11.3 Å². The molecule has 1 atom stereocenters.